The topological polar surface area (TPSA) is 97.1 Å². The van der Waals surface area contributed by atoms with Crippen molar-refractivity contribution in [2.75, 3.05) is 10.6 Å². The Bertz CT molecular complexity index is 926. The molecule has 3 heterocycles. The van der Waals surface area contributed by atoms with Crippen molar-refractivity contribution >= 4 is 44.6 Å². The van der Waals surface area contributed by atoms with Crippen LogP contribution in [0.4, 0.5) is 10.1 Å². The number of carbonyl (C=O) groups excluding carboxylic acids is 2. The van der Waals surface area contributed by atoms with E-state index < -0.39 is 0 Å². The lowest BCUT2D eigenvalue weighted by Gasteiger charge is -2.05. The van der Waals surface area contributed by atoms with Gasteiger partial charge in [0.15, 0.2) is 5.76 Å². The molecule has 27 heavy (non-hydrogen) atoms. The summed E-state index contributed by atoms with van der Waals surface area (Å²) in [6, 6.07) is 4.98. The van der Waals surface area contributed by atoms with Crippen molar-refractivity contribution in [3.63, 3.8) is 0 Å². The lowest BCUT2D eigenvalue weighted by atomic mass is 10.1. The SMILES string of the molecule is CCC(CC)c1nnc(NC(=O)c2sc(NC(=O)c3ccco3)cc2C)s1. The second-order valence-corrected chi connectivity index (χ2v) is 8.03. The van der Waals surface area contributed by atoms with Crippen LogP contribution in [0.3, 0.4) is 0 Å². The molecule has 142 valence electrons. The molecule has 0 saturated carbocycles. The van der Waals surface area contributed by atoms with E-state index in [1.54, 1.807) is 18.2 Å². The lowest BCUT2D eigenvalue weighted by molar-refractivity contribution is 0.0995. The van der Waals surface area contributed by atoms with Crippen molar-refractivity contribution in [1.82, 2.24) is 10.2 Å². The van der Waals surface area contributed by atoms with Crippen LogP contribution in [0.25, 0.3) is 0 Å². The number of aryl methyl sites for hydroxylation is 1. The second-order valence-electron chi connectivity index (χ2n) is 5.97. The number of nitrogens with zero attached hydrogens (tertiary/aromatic N) is 2. The number of carbonyl (C=O) groups is 2. The molecule has 2 N–H and O–H groups in total. The number of nitrogens with one attached hydrogen (secondary N) is 2. The van der Waals surface area contributed by atoms with E-state index in [0.29, 0.717) is 20.9 Å². The maximum Gasteiger partial charge on any atom is 0.291 e. The summed E-state index contributed by atoms with van der Waals surface area (Å²) in [4.78, 5) is 25.2. The van der Waals surface area contributed by atoms with Gasteiger partial charge >= 0.3 is 0 Å². The minimum Gasteiger partial charge on any atom is -0.459 e. The molecular weight excluding hydrogens is 384 g/mol. The van der Waals surface area contributed by atoms with Gasteiger partial charge in [0.1, 0.15) is 5.01 Å². The molecule has 9 heteroatoms. The van der Waals surface area contributed by atoms with E-state index in [4.69, 9.17) is 4.42 Å². The third-order valence-electron chi connectivity index (χ3n) is 4.10. The first-order valence-corrected chi connectivity index (χ1v) is 10.2. The molecule has 0 aliphatic rings. The van der Waals surface area contributed by atoms with Crippen molar-refractivity contribution < 1.29 is 14.0 Å². The molecule has 0 aliphatic carbocycles. The second kappa shape index (κ2) is 8.45. The van der Waals surface area contributed by atoms with Gasteiger partial charge in [0.2, 0.25) is 5.13 Å². The number of hydrogen-bond acceptors (Lipinski definition) is 7. The van der Waals surface area contributed by atoms with E-state index in [9.17, 15) is 9.59 Å². The molecule has 3 aromatic rings. The highest BCUT2D eigenvalue weighted by molar-refractivity contribution is 7.18. The third-order valence-corrected chi connectivity index (χ3v) is 6.25. The van der Waals surface area contributed by atoms with Crippen LogP contribution in [0.5, 0.6) is 0 Å². The Balaban J connectivity index is 1.68. The lowest BCUT2D eigenvalue weighted by Crippen LogP contribution is -2.11. The molecule has 7 nitrogen and oxygen atoms in total. The molecule has 0 atom stereocenters. The number of hydrogen-bond donors (Lipinski definition) is 2. The Morgan fingerprint density at radius 3 is 2.59 bits per heavy atom. The van der Waals surface area contributed by atoms with Gasteiger partial charge in [0.05, 0.1) is 16.1 Å². The van der Waals surface area contributed by atoms with Gasteiger partial charge in [-0.2, -0.15) is 0 Å². The fourth-order valence-corrected chi connectivity index (χ4v) is 4.56. The number of aromatic nitrogens is 2. The van der Waals surface area contributed by atoms with E-state index in [-0.39, 0.29) is 17.6 Å². The molecule has 0 bridgehead atoms. The van der Waals surface area contributed by atoms with Crippen molar-refractivity contribution in [3.8, 4) is 0 Å². The molecule has 2 amide bonds. The highest BCUT2D eigenvalue weighted by Gasteiger charge is 2.19. The molecular formula is C18H20N4O3S2. The van der Waals surface area contributed by atoms with Gasteiger partial charge < -0.3 is 9.73 Å². The van der Waals surface area contributed by atoms with E-state index >= 15 is 0 Å². The van der Waals surface area contributed by atoms with Gasteiger partial charge in [-0.3, -0.25) is 14.9 Å². The van der Waals surface area contributed by atoms with Crippen molar-refractivity contribution in [2.45, 2.75) is 39.5 Å². The Morgan fingerprint density at radius 2 is 1.93 bits per heavy atom. The molecule has 0 saturated heterocycles. The summed E-state index contributed by atoms with van der Waals surface area (Å²) in [6.45, 7) is 6.05. The van der Waals surface area contributed by atoms with Crippen LogP contribution in [-0.2, 0) is 0 Å². The van der Waals surface area contributed by atoms with Crippen LogP contribution in [0.2, 0.25) is 0 Å². The summed E-state index contributed by atoms with van der Waals surface area (Å²) >= 11 is 2.61. The molecule has 0 unspecified atom stereocenters. The highest BCUT2D eigenvalue weighted by Crippen LogP contribution is 2.30. The number of amides is 2. The first-order valence-electron chi connectivity index (χ1n) is 8.61. The minimum absolute atomic E-state index is 0.217. The summed E-state index contributed by atoms with van der Waals surface area (Å²) in [5, 5.41) is 15.8. The van der Waals surface area contributed by atoms with Crippen LogP contribution < -0.4 is 10.6 Å². The summed E-state index contributed by atoms with van der Waals surface area (Å²) in [5.74, 6) is -0.0368. The molecule has 0 spiro atoms. The summed E-state index contributed by atoms with van der Waals surface area (Å²) in [6.07, 6.45) is 3.41. The monoisotopic (exact) mass is 404 g/mol. The number of furan rings is 1. The zero-order chi connectivity index (χ0) is 19.4. The van der Waals surface area contributed by atoms with E-state index in [2.05, 4.69) is 34.7 Å². The van der Waals surface area contributed by atoms with Crippen molar-refractivity contribution in [2.24, 2.45) is 0 Å². The first-order chi connectivity index (χ1) is 13.0. The van der Waals surface area contributed by atoms with Gasteiger partial charge in [-0.05, 0) is 43.5 Å². The molecule has 3 rings (SSSR count). The van der Waals surface area contributed by atoms with Crippen LogP contribution in [0.1, 0.15) is 63.4 Å². The molecule has 0 aromatic carbocycles. The predicted octanol–water partition coefficient (Wildman–Crippen LogP) is 4.91. The quantitative estimate of drug-likeness (QED) is 0.583. The Morgan fingerprint density at radius 1 is 1.15 bits per heavy atom. The Kier molecular flexibility index (Phi) is 6.02. The van der Waals surface area contributed by atoms with Crippen LogP contribution >= 0.6 is 22.7 Å². The zero-order valence-electron chi connectivity index (χ0n) is 15.2. The maximum atomic E-state index is 12.6. The van der Waals surface area contributed by atoms with Gasteiger partial charge in [0, 0.05) is 5.92 Å². The summed E-state index contributed by atoms with van der Waals surface area (Å²) in [5.41, 5.74) is 0.775. The van der Waals surface area contributed by atoms with Gasteiger partial charge in [-0.15, -0.1) is 21.5 Å². The van der Waals surface area contributed by atoms with E-state index in [1.165, 1.54) is 28.9 Å². The molecule has 0 fully saturated rings. The van der Waals surface area contributed by atoms with Gasteiger partial charge in [0.25, 0.3) is 11.8 Å². The fourth-order valence-electron chi connectivity index (χ4n) is 2.59. The first kappa shape index (κ1) is 19.2. The zero-order valence-corrected chi connectivity index (χ0v) is 16.9. The van der Waals surface area contributed by atoms with E-state index in [1.807, 2.05) is 6.92 Å². The largest absolute Gasteiger partial charge is 0.459 e. The minimum atomic E-state index is -0.354. The van der Waals surface area contributed by atoms with Crippen LogP contribution in [-0.4, -0.2) is 22.0 Å². The summed E-state index contributed by atoms with van der Waals surface area (Å²) < 4.78 is 5.07. The standard InChI is InChI=1S/C18H20N4O3S2/c1-4-11(5-2)17-21-22-18(27-17)20-16(24)14-10(3)9-13(26-14)19-15(23)12-7-6-8-25-12/h6-9,11H,4-5H2,1-3H3,(H,19,23)(H,20,22,24). The van der Waals surface area contributed by atoms with Crippen LogP contribution in [0.15, 0.2) is 28.9 Å². The number of rotatable bonds is 7. The number of thiophene rings is 1. The maximum absolute atomic E-state index is 12.6. The molecule has 3 aromatic heterocycles. The molecule has 0 aliphatic heterocycles. The average Bonchev–Trinajstić information content (AvgIpc) is 3.37. The van der Waals surface area contributed by atoms with Crippen molar-refractivity contribution in [3.05, 3.63) is 45.7 Å². The van der Waals surface area contributed by atoms with Gasteiger partial charge in [-0.1, -0.05) is 25.2 Å². The normalized spacial score (nSPS) is 11.0. The average molecular weight is 405 g/mol. The number of anilines is 2. The summed E-state index contributed by atoms with van der Waals surface area (Å²) in [7, 11) is 0. The molecule has 0 radical (unpaired) electrons. The highest BCUT2D eigenvalue weighted by atomic mass is 32.1. The van der Waals surface area contributed by atoms with E-state index in [0.717, 1.165) is 23.4 Å². The Labute approximate surface area is 164 Å². The smallest absolute Gasteiger partial charge is 0.291 e. The predicted molar refractivity (Wildman–Crippen MR) is 107 cm³/mol. The van der Waals surface area contributed by atoms with Crippen molar-refractivity contribution in [1.29, 1.82) is 0 Å². The third kappa shape index (κ3) is 4.42. The Hall–Kier alpha value is -2.52. The van der Waals surface area contributed by atoms with Gasteiger partial charge in [-0.25, -0.2) is 0 Å². The fraction of sp³-hybridized carbons (Fsp3) is 0.333. The van der Waals surface area contributed by atoms with Crippen LogP contribution in [0, 0.1) is 6.92 Å².